The quantitative estimate of drug-likeness (QED) is 0.608. The molecule has 0 aromatic heterocycles. The van der Waals surface area contributed by atoms with Crippen LogP contribution in [0.4, 0.5) is 0 Å². The molecule has 0 atom stereocenters. The summed E-state index contributed by atoms with van der Waals surface area (Å²) in [4.78, 5) is 0. The molecule has 0 N–H and O–H groups in total. The van der Waals surface area contributed by atoms with Crippen LogP contribution in [0.15, 0.2) is 43.0 Å². The predicted molar refractivity (Wildman–Crippen MR) is 59.7 cm³/mol. The van der Waals surface area contributed by atoms with E-state index in [4.69, 9.17) is 0 Å². The highest BCUT2D eigenvalue weighted by Gasteiger charge is 1.93. The van der Waals surface area contributed by atoms with Crippen molar-refractivity contribution < 1.29 is 0 Å². The highest BCUT2D eigenvalue weighted by molar-refractivity contribution is 5.65. The summed E-state index contributed by atoms with van der Waals surface area (Å²) in [6.45, 7) is 7.95. The van der Waals surface area contributed by atoms with Crippen molar-refractivity contribution in [3.63, 3.8) is 0 Å². The molecular weight excluding hydrogens is 156 g/mol. The number of aryl methyl sites for hydroxylation is 1. The molecule has 1 aromatic rings. The molecule has 0 fully saturated rings. The van der Waals surface area contributed by atoms with Crippen molar-refractivity contribution in [3.8, 4) is 0 Å². The zero-order valence-electron chi connectivity index (χ0n) is 8.38. The van der Waals surface area contributed by atoms with Crippen molar-refractivity contribution in [1.29, 1.82) is 0 Å². The number of hydrogen-bond donors (Lipinski definition) is 0. The fraction of sp³-hybridized carbons (Fsp3) is 0.231. The maximum atomic E-state index is 3.68. The summed E-state index contributed by atoms with van der Waals surface area (Å²) in [5, 5.41) is 0. The van der Waals surface area contributed by atoms with E-state index in [9.17, 15) is 0 Å². The van der Waals surface area contributed by atoms with Crippen molar-refractivity contribution in [3.05, 3.63) is 54.1 Å². The average Bonchev–Trinajstić information content (AvgIpc) is 2.18. The van der Waals surface area contributed by atoms with E-state index < -0.39 is 0 Å². The van der Waals surface area contributed by atoms with Gasteiger partial charge in [0.1, 0.15) is 0 Å². The first-order valence-corrected chi connectivity index (χ1v) is 4.66. The van der Waals surface area contributed by atoms with Crippen LogP contribution in [0.3, 0.4) is 0 Å². The lowest BCUT2D eigenvalue weighted by Gasteiger charge is -2.01. The summed E-state index contributed by atoms with van der Waals surface area (Å²) in [6.07, 6.45) is 4.95. The molecule has 0 nitrogen and oxygen atoms in total. The van der Waals surface area contributed by atoms with Gasteiger partial charge in [-0.05, 0) is 30.0 Å². The Balaban J connectivity index is 2.91. The molecule has 0 radical (unpaired) electrons. The SMILES string of the molecule is C=C/C=C(\C)c1ccc(CC)cc1. The topological polar surface area (TPSA) is 0 Å². The van der Waals surface area contributed by atoms with Crippen LogP contribution in [0.5, 0.6) is 0 Å². The van der Waals surface area contributed by atoms with Crippen LogP contribution in [0.2, 0.25) is 0 Å². The van der Waals surface area contributed by atoms with Crippen LogP contribution in [-0.2, 0) is 6.42 Å². The van der Waals surface area contributed by atoms with E-state index in [0.29, 0.717) is 0 Å². The van der Waals surface area contributed by atoms with Crippen LogP contribution in [0.25, 0.3) is 5.57 Å². The monoisotopic (exact) mass is 172 g/mol. The number of benzene rings is 1. The normalized spacial score (nSPS) is 11.4. The lowest BCUT2D eigenvalue weighted by atomic mass is 10.0. The molecule has 0 aliphatic carbocycles. The molecule has 0 heteroatoms. The summed E-state index contributed by atoms with van der Waals surface area (Å²) in [5.74, 6) is 0. The second kappa shape index (κ2) is 4.66. The molecule has 0 bridgehead atoms. The molecule has 0 aliphatic heterocycles. The van der Waals surface area contributed by atoms with Crippen molar-refractivity contribution in [2.75, 3.05) is 0 Å². The van der Waals surface area contributed by atoms with Crippen LogP contribution in [0.1, 0.15) is 25.0 Å². The summed E-state index contributed by atoms with van der Waals surface area (Å²) >= 11 is 0. The van der Waals surface area contributed by atoms with Crippen LogP contribution in [-0.4, -0.2) is 0 Å². The zero-order valence-corrected chi connectivity index (χ0v) is 8.38. The van der Waals surface area contributed by atoms with Crippen LogP contribution in [0, 0.1) is 0 Å². The third-order valence-corrected chi connectivity index (χ3v) is 2.19. The molecule has 0 saturated heterocycles. The van der Waals surface area contributed by atoms with Gasteiger partial charge in [-0.1, -0.05) is 49.9 Å². The minimum atomic E-state index is 1.10. The van der Waals surface area contributed by atoms with Crippen molar-refractivity contribution in [2.24, 2.45) is 0 Å². The molecule has 0 amide bonds. The molecule has 1 aromatic carbocycles. The van der Waals surface area contributed by atoms with Crippen molar-refractivity contribution in [2.45, 2.75) is 20.3 Å². The molecule has 68 valence electrons. The van der Waals surface area contributed by atoms with Gasteiger partial charge in [-0.25, -0.2) is 0 Å². The Bertz CT molecular complexity index is 301. The van der Waals surface area contributed by atoms with Gasteiger partial charge in [0, 0.05) is 0 Å². The number of allylic oxidation sites excluding steroid dienone is 3. The van der Waals surface area contributed by atoms with Gasteiger partial charge in [0.25, 0.3) is 0 Å². The second-order valence-corrected chi connectivity index (χ2v) is 3.14. The highest BCUT2D eigenvalue weighted by Crippen LogP contribution is 2.14. The van der Waals surface area contributed by atoms with Gasteiger partial charge in [-0.3, -0.25) is 0 Å². The first-order chi connectivity index (χ1) is 6.27. The predicted octanol–water partition coefficient (Wildman–Crippen LogP) is 3.84. The third-order valence-electron chi connectivity index (χ3n) is 2.19. The molecule has 0 unspecified atom stereocenters. The summed E-state index contributed by atoms with van der Waals surface area (Å²) in [7, 11) is 0. The van der Waals surface area contributed by atoms with E-state index in [1.165, 1.54) is 16.7 Å². The Hall–Kier alpha value is -1.30. The number of rotatable bonds is 3. The Morgan fingerprint density at radius 3 is 2.38 bits per heavy atom. The van der Waals surface area contributed by atoms with Gasteiger partial charge in [0.05, 0.1) is 0 Å². The van der Waals surface area contributed by atoms with Gasteiger partial charge in [0.2, 0.25) is 0 Å². The van der Waals surface area contributed by atoms with E-state index in [1.54, 1.807) is 0 Å². The molecule has 0 saturated carbocycles. The smallest absolute Gasteiger partial charge is 0.0227 e. The third kappa shape index (κ3) is 2.59. The minimum absolute atomic E-state index is 1.10. The fourth-order valence-electron chi connectivity index (χ4n) is 1.28. The lowest BCUT2D eigenvalue weighted by molar-refractivity contribution is 1.14. The maximum absolute atomic E-state index is 3.68. The largest absolute Gasteiger partial charge is 0.0991 e. The summed E-state index contributed by atoms with van der Waals surface area (Å²) in [5.41, 5.74) is 3.92. The van der Waals surface area contributed by atoms with Crippen LogP contribution >= 0.6 is 0 Å². The Morgan fingerprint density at radius 2 is 1.92 bits per heavy atom. The first-order valence-electron chi connectivity index (χ1n) is 4.66. The Labute approximate surface area is 80.6 Å². The Morgan fingerprint density at radius 1 is 1.31 bits per heavy atom. The standard InChI is InChI=1S/C13H16/c1-4-6-11(3)13-9-7-12(5-2)8-10-13/h4,6-10H,1,5H2,2-3H3/b11-6+. The van der Waals surface area contributed by atoms with E-state index in [1.807, 2.05) is 12.2 Å². The van der Waals surface area contributed by atoms with E-state index in [-0.39, 0.29) is 0 Å². The van der Waals surface area contributed by atoms with Gasteiger partial charge in [-0.2, -0.15) is 0 Å². The fourth-order valence-corrected chi connectivity index (χ4v) is 1.28. The Kier molecular flexibility index (Phi) is 3.51. The summed E-state index contributed by atoms with van der Waals surface area (Å²) in [6, 6.07) is 8.67. The lowest BCUT2D eigenvalue weighted by Crippen LogP contribution is -1.82. The van der Waals surface area contributed by atoms with Gasteiger partial charge in [0.15, 0.2) is 0 Å². The van der Waals surface area contributed by atoms with E-state index in [2.05, 4.69) is 44.7 Å². The first kappa shape index (κ1) is 9.79. The molecule has 1 rings (SSSR count). The highest BCUT2D eigenvalue weighted by atomic mass is 14.0. The molecule has 0 spiro atoms. The zero-order chi connectivity index (χ0) is 9.68. The van der Waals surface area contributed by atoms with Crippen molar-refractivity contribution >= 4 is 5.57 Å². The van der Waals surface area contributed by atoms with Gasteiger partial charge < -0.3 is 0 Å². The average molecular weight is 172 g/mol. The van der Waals surface area contributed by atoms with E-state index in [0.717, 1.165) is 6.42 Å². The van der Waals surface area contributed by atoms with E-state index >= 15 is 0 Å². The summed E-state index contributed by atoms with van der Waals surface area (Å²) < 4.78 is 0. The maximum Gasteiger partial charge on any atom is -0.0227 e. The van der Waals surface area contributed by atoms with Gasteiger partial charge in [-0.15, -0.1) is 0 Å². The minimum Gasteiger partial charge on any atom is -0.0991 e. The molecule has 0 heterocycles. The molecule has 0 aliphatic rings. The second-order valence-electron chi connectivity index (χ2n) is 3.14. The molecule has 13 heavy (non-hydrogen) atoms. The molecular formula is C13H16. The van der Waals surface area contributed by atoms with Crippen LogP contribution < -0.4 is 0 Å². The van der Waals surface area contributed by atoms with Gasteiger partial charge >= 0.3 is 0 Å². The van der Waals surface area contributed by atoms with Crippen molar-refractivity contribution in [1.82, 2.24) is 0 Å². The number of hydrogen-bond acceptors (Lipinski definition) is 0.